The molecule has 1 aromatic rings. The molecule has 0 spiro atoms. The molecule has 8 heteroatoms. The number of carbonyl (C=O) groups is 1. The van der Waals surface area contributed by atoms with E-state index in [-0.39, 0.29) is 4.47 Å². The molecule has 100 valence electrons. The molecule has 1 atom stereocenters. The summed E-state index contributed by atoms with van der Waals surface area (Å²) < 4.78 is 49.2. The number of anilines is 1. The van der Waals surface area contributed by atoms with Crippen LogP contribution in [0.1, 0.15) is 6.92 Å². The van der Waals surface area contributed by atoms with Gasteiger partial charge in [0.2, 0.25) is 5.91 Å². The number of sulfone groups is 1. The largest absolute Gasteiger partial charge is 0.320 e. The molecule has 0 fully saturated rings. The van der Waals surface area contributed by atoms with Crippen molar-refractivity contribution in [1.29, 1.82) is 0 Å². The lowest BCUT2D eigenvalue weighted by molar-refractivity contribution is -0.115. The van der Waals surface area contributed by atoms with Gasteiger partial charge in [0.1, 0.15) is 10.9 Å². The van der Waals surface area contributed by atoms with Crippen LogP contribution in [0.4, 0.5) is 14.5 Å². The van der Waals surface area contributed by atoms with E-state index in [2.05, 4.69) is 15.9 Å². The second kappa shape index (κ2) is 5.31. The number of carbonyl (C=O) groups excluding carboxylic acids is 1. The van der Waals surface area contributed by atoms with Crippen molar-refractivity contribution in [2.75, 3.05) is 11.6 Å². The Morgan fingerprint density at radius 2 is 1.78 bits per heavy atom. The number of amides is 1. The van der Waals surface area contributed by atoms with Gasteiger partial charge in [-0.3, -0.25) is 4.79 Å². The first-order chi connectivity index (χ1) is 8.12. The Labute approximate surface area is 111 Å². The highest BCUT2D eigenvalue weighted by atomic mass is 79.9. The molecule has 4 nitrogen and oxygen atoms in total. The van der Waals surface area contributed by atoms with E-state index in [9.17, 15) is 22.0 Å². The predicted molar refractivity (Wildman–Crippen MR) is 67.0 cm³/mol. The van der Waals surface area contributed by atoms with Gasteiger partial charge in [-0.1, -0.05) is 15.9 Å². The first-order valence-corrected chi connectivity index (χ1v) is 7.52. The lowest BCUT2D eigenvalue weighted by atomic mass is 10.3. The fourth-order valence-corrected chi connectivity index (χ4v) is 1.93. The molecule has 1 aromatic carbocycles. The lowest BCUT2D eigenvalue weighted by Crippen LogP contribution is -2.32. The van der Waals surface area contributed by atoms with E-state index in [1.54, 1.807) is 0 Å². The summed E-state index contributed by atoms with van der Waals surface area (Å²) in [4.78, 5) is 11.5. The third kappa shape index (κ3) is 3.49. The Kier molecular flexibility index (Phi) is 4.44. The standard InChI is InChI=1S/C10H10BrF2NO3S/c1-5(18(2,16)17)10(15)14-9-7(12)3-6(11)4-8(9)13/h3-5H,1-2H3,(H,14,15)/t5-/m0/s1. The summed E-state index contributed by atoms with van der Waals surface area (Å²) in [7, 11) is -3.62. The number of hydrogen-bond acceptors (Lipinski definition) is 3. The van der Waals surface area contributed by atoms with Crippen molar-refractivity contribution in [3.05, 3.63) is 28.2 Å². The first-order valence-electron chi connectivity index (χ1n) is 4.77. The minimum Gasteiger partial charge on any atom is -0.320 e. The molecule has 0 saturated carbocycles. The van der Waals surface area contributed by atoms with Gasteiger partial charge in [-0.25, -0.2) is 17.2 Å². The van der Waals surface area contributed by atoms with Crippen LogP contribution in [0.2, 0.25) is 0 Å². The monoisotopic (exact) mass is 341 g/mol. The van der Waals surface area contributed by atoms with Crippen LogP contribution in [0.5, 0.6) is 0 Å². The van der Waals surface area contributed by atoms with Crippen LogP contribution in [0.15, 0.2) is 16.6 Å². The molecular weight excluding hydrogens is 332 g/mol. The van der Waals surface area contributed by atoms with Gasteiger partial charge in [0, 0.05) is 10.7 Å². The number of halogens is 3. The Morgan fingerprint density at radius 1 is 1.33 bits per heavy atom. The number of hydrogen-bond donors (Lipinski definition) is 1. The second-order valence-corrected chi connectivity index (χ2v) is 6.99. The molecule has 0 bridgehead atoms. The van der Waals surface area contributed by atoms with E-state index in [1.807, 2.05) is 5.32 Å². The van der Waals surface area contributed by atoms with Crippen LogP contribution in [0.25, 0.3) is 0 Å². The van der Waals surface area contributed by atoms with Crippen molar-refractivity contribution in [2.24, 2.45) is 0 Å². The van der Waals surface area contributed by atoms with E-state index < -0.39 is 38.3 Å². The van der Waals surface area contributed by atoms with E-state index in [0.29, 0.717) is 0 Å². The van der Waals surface area contributed by atoms with Crippen molar-refractivity contribution < 1.29 is 22.0 Å². The quantitative estimate of drug-likeness (QED) is 0.915. The molecule has 0 aromatic heterocycles. The molecule has 18 heavy (non-hydrogen) atoms. The number of benzene rings is 1. The summed E-state index contributed by atoms with van der Waals surface area (Å²) in [6.07, 6.45) is 0.867. The summed E-state index contributed by atoms with van der Waals surface area (Å²) in [5.41, 5.74) is -0.668. The molecular formula is C10H10BrF2NO3S. The Balaban J connectivity index is 3.03. The molecule has 0 aliphatic heterocycles. The van der Waals surface area contributed by atoms with Gasteiger partial charge in [-0.05, 0) is 19.1 Å². The number of nitrogens with one attached hydrogen (secondary N) is 1. The van der Waals surface area contributed by atoms with Gasteiger partial charge in [-0.2, -0.15) is 0 Å². The van der Waals surface area contributed by atoms with E-state index >= 15 is 0 Å². The SMILES string of the molecule is C[C@@H](C(=O)Nc1c(F)cc(Br)cc1F)S(C)(=O)=O. The second-order valence-electron chi connectivity index (χ2n) is 3.71. The van der Waals surface area contributed by atoms with Crippen molar-refractivity contribution in [2.45, 2.75) is 12.2 Å². The summed E-state index contributed by atoms with van der Waals surface area (Å²) in [6.45, 7) is 1.14. The first kappa shape index (κ1) is 15.0. The van der Waals surface area contributed by atoms with Crippen molar-refractivity contribution in [3.63, 3.8) is 0 Å². The predicted octanol–water partition coefficient (Wildman–Crippen LogP) is 2.10. The van der Waals surface area contributed by atoms with Crippen molar-refractivity contribution in [1.82, 2.24) is 0 Å². The van der Waals surface area contributed by atoms with Crippen LogP contribution >= 0.6 is 15.9 Å². The maximum Gasteiger partial charge on any atom is 0.242 e. The summed E-state index contributed by atoms with van der Waals surface area (Å²) in [6, 6.07) is 1.92. The van der Waals surface area contributed by atoms with Gasteiger partial charge in [0.05, 0.1) is 0 Å². The normalized spacial score (nSPS) is 13.2. The zero-order valence-electron chi connectivity index (χ0n) is 9.50. The van der Waals surface area contributed by atoms with Crippen molar-refractivity contribution >= 4 is 37.4 Å². The van der Waals surface area contributed by atoms with Gasteiger partial charge < -0.3 is 5.32 Å². The molecule has 1 rings (SSSR count). The summed E-state index contributed by atoms with van der Waals surface area (Å²) >= 11 is 2.89. The van der Waals surface area contributed by atoms with E-state index in [4.69, 9.17) is 0 Å². The molecule has 0 aliphatic carbocycles. The highest BCUT2D eigenvalue weighted by Gasteiger charge is 2.25. The number of rotatable bonds is 3. The molecule has 0 radical (unpaired) electrons. The van der Waals surface area contributed by atoms with Crippen LogP contribution in [-0.4, -0.2) is 25.8 Å². The van der Waals surface area contributed by atoms with Gasteiger partial charge >= 0.3 is 0 Å². The maximum atomic E-state index is 13.4. The van der Waals surface area contributed by atoms with Crippen LogP contribution in [0, 0.1) is 11.6 Å². The minimum absolute atomic E-state index is 0.173. The Bertz CT molecular complexity index is 566. The zero-order chi connectivity index (χ0) is 14.1. The molecule has 1 amide bonds. The van der Waals surface area contributed by atoms with Crippen LogP contribution < -0.4 is 5.32 Å². The summed E-state index contributed by atoms with van der Waals surface area (Å²) in [5, 5.41) is 0.534. The van der Waals surface area contributed by atoms with E-state index in [0.717, 1.165) is 25.3 Å². The molecule has 1 N–H and O–H groups in total. The van der Waals surface area contributed by atoms with E-state index in [1.165, 1.54) is 0 Å². The molecule has 0 saturated heterocycles. The fraction of sp³-hybridized carbons (Fsp3) is 0.300. The topological polar surface area (TPSA) is 63.2 Å². The Hall–Kier alpha value is -1.02. The van der Waals surface area contributed by atoms with Crippen LogP contribution in [-0.2, 0) is 14.6 Å². The average molecular weight is 342 g/mol. The molecule has 0 unspecified atom stereocenters. The third-order valence-corrected chi connectivity index (χ3v) is 4.22. The molecule has 0 aliphatic rings. The lowest BCUT2D eigenvalue weighted by Gasteiger charge is -2.12. The zero-order valence-corrected chi connectivity index (χ0v) is 11.9. The fourth-order valence-electron chi connectivity index (χ4n) is 1.08. The highest BCUT2D eigenvalue weighted by Crippen LogP contribution is 2.24. The Morgan fingerprint density at radius 3 is 2.17 bits per heavy atom. The van der Waals surface area contributed by atoms with Gasteiger partial charge in [0.15, 0.2) is 21.5 Å². The van der Waals surface area contributed by atoms with Gasteiger partial charge in [0.25, 0.3) is 0 Å². The molecule has 0 heterocycles. The van der Waals surface area contributed by atoms with Crippen molar-refractivity contribution in [3.8, 4) is 0 Å². The van der Waals surface area contributed by atoms with Crippen LogP contribution in [0.3, 0.4) is 0 Å². The average Bonchev–Trinajstić information content (AvgIpc) is 2.20. The smallest absolute Gasteiger partial charge is 0.242 e. The highest BCUT2D eigenvalue weighted by molar-refractivity contribution is 9.10. The minimum atomic E-state index is -3.62. The summed E-state index contributed by atoms with van der Waals surface area (Å²) in [5.74, 6) is -2.97. The maximum absolute atomic E-state index is 13.4. The van der Waals surface area contributed by atoms with Gasteiger partial charge in [-0.15, -0.1) is 0 Å². The third-order valence-electron chi connectivity index (χ3n) is 2.27.